The van der Waals surface area contributed by atoms with Gasteiger partial charge in [-0.3, -0.25) is 9.58 Å². The zero-order chi connectivity index (χ0) is 16.0. The molecule has 0 aliphatic carbocycles. The van der Waals surface area contributed by atoms with Crippen LogP contribution in [0, 0.1) is 0 Å². The number of rotatable bonds is 9. The van der Waals surface area contributed by atoms with Gasteiger partial charge in [0.2, 0.25) is 0 Å². The fourth-order valence-electron chi connectivity index (χ4n) is 3.26. The topological polar surface area (TPSA) is 42.3 Å². The Morgan fingerprint density at radius 1 is 1.33 bits per heavy atom. The predicted molar refractivity (Wildman–Crippen MR) is 87.9 cm³/mol. The Labute approximate surface area is 129 Å². The van der Waals surface area contributed by atoms with Gasteiger partial charge >= 0.3 is 0 Å². The van der Waals surface area contributed by atoms with Crippen LogP contribution in [0.15, 0.2) is 6.20 Å². The molecule has 1 heterocycles. The average Bonchev–Trinajstić information content (AvgIpc) is 2.84. The highest BCUT2D eigenvalue weighted by Crippen LogP contribution is 2.35. The van der Waals surface area contributed by atoms with Crippen LogP contribution in [0.1, 0.15) is 52.8 Å². The Hall–Kier alpha value is -1.07. The lowest BCUT2D eigenvalue weighted by Gasteiger charge is -2.43. The van der Waals surface area contributed by atoms with E-state index in [-0.39, 0.29) is 11.6 Å². The Balaban J connectivity index is 3.28. The molecule has 0 radical (unpaired) electrons. The molecular weight excluding hydrogens is 264 g/mol. The maximum absolute atomic E-state index is 5.56. The summed E-state index contributed by atoms with van der Waals surface area (Å²) in [6.07, 6.45) is 2.88. The number of methoxy groups -OCH3 is 1. The molecule has 0 spiro atoms. The standard InChI is InChI=1S/C16H32N4O/c1-8-11-20-14(13(21-7)12-18-20)15(17-6)16(4,5)19(9-2)10-3/h12,15,17H,8-11H2,1-7H3. The lowest BCUT2D eigenvalue weighted by molar-refractivity contribution is 0.0895. The monoisotopic (exact) mass is 296 g/mol. The molecule has 5 nitrogen and oxygen atoms in total. The number of nitrogens with one attached hydrogen (secondary N) is 1. The van der Waals surface area contributed by atoms with Gasteiger partial charge in [0, 0.05) is 12.1 Å². The highest BCUT2D eigenvalue weighted by atomic mass is 16.5. The number of aromatic nitrogens is 2. The molecule has 1 N–H and O–H groups in total. The maximum atomic E-state index is 5.56. The van der Waals surface area contributed by atoms with Gasteiger partial charge in [0.15, 0.2) is 5.75 Å². The molecule has 0 saturated heterocycles. The number of hydrogen-bond donors (Lipinski definition) is 1. The van der Waals surface area contributed by atoms with Crippen molar-refractivity contribution in [1.29, 1.82) is 0 Å². The molecule has 0 aromatic carbocycles. The van der Waals surface area contributed by atoms with Crippen molar-refractivity contribution in [2.45, 2.75) is 59.2 Å². The van der Waals surface area contributed by atoms with Crippen LogP contribution in [0.5, 0.6) is 5.75 Å². The van der Waals surface area contributed by atoms with Crippen molar-refractivity contribution in [2.75, 3.05) is 27.2 Å². The van der Waals surface area contributed by atoms with Crippen LogP contribution >= 0.6 is 0 Å². The third-order valence-electron chi connectivity index (χ3n) is 4.35. The smallest absolute Gasteiger partial charge is 0.161 e. The summed E-state index contributed by atoms with van der Waals surface area (Å²) in [5, 5.41) is 7.99. The van der Waals surface area contributed by atoms with Gasteiger partial charge in [0.1, 0.15) is 0 Å². The van der Waals surface area contributed by atoms with Gasteiger partial charge in [-0.15, -0.1) is 0 Å². The van der Waals surface area contributed by atoms with Crippen molar-refractivity contribution in [1.82, 2.24) is 20.0 Å². The molecule has 0 fully saturated rings. The second-order valence-electron chi connectivity index (χ2n) is 5.87. The summed E-state index contributed by atoms with van der Waals surface area (Å²) in [4.78, 5) is 2.47. The summed E-state index contributed by atoms with van der Waals surface area (Å²) in [7, 11) is 3.73. The molecule has 1 aromatic heterocycles. The van der Waals surface area contributed by atoms with Crippen LogP contribution in [0.3, 0.4) is 0 Å². The summed E-state index contributed by atoms with van der Waals surface area (Å²) >= 11 is 0. The molecule has 1 unspecified atom stereocenters. The molecule has 21 heavy (non-hydrogen) atoms. The molecular formula is C16H32N4O. The van der Waals surface area contributed by atoms with E-state index in [0.717, 1.165) is 37.5 Å². The molecule has 1 rings (SSSR count). The lowest BCUT2D eigenvalue weighted by atomic mass is 9.89. The number of ether oxygens (including phenoxy) is 1. The highest BCUT2D eigenvalue weighted by Gasteiger charge is 2.38. The largest absolute Gasteiger partial charge is 0.493 e. The van der Waals surface area contributed by atoms with Crippen LogP contribution in [-0.4, -0.2) is 47.5 Å². The van der Waals surface area contributed by atoms with Gasteiger partial charge < -0.3 is 10.1 Å². The SMILES string of the molecule is CCCn1ncc(OC)c1C(NC)C(C)(C)N(CC)CC. The van der Waals surface area contributed by atoms with E-state index in [1.165, 1.54) is 0 Å². The maximum Gasteiger partial charge on any atom is 0.161 e. The molecule has 122 valence electrons. The summed E-state index contributed by atoms with van der Waals surface area (Å²) < 4.78 is 7.63. The second kappa shape index (κ2) is 7.80. The number of aryl methyl sites for hydroxylation is 1. The first kappa shape index (κ1) is 18.0. The van der Waals surface area contributed by atoms with Crippen molar-refractivity contribution in [3.8, 4) is 5.75 Å². The molecule has 1 aromatic rings. The van der Waals surface area contributed by atoms with Crippen molar-refractivity contribution >= 4 is 0 Å². The van der Waals surface area contributed by atoms with Crippen LogP contribution in [0.2, 0.25) is 0 Å². The van der Waals surface area contributed by atoms with Crippen LogP contribution in [0.25, 0.3) is 0 Å². The predicted octanol–water partition coefficient (Wildman–Crippen LogP) is 2.68. The van der Waals surface area contributed by atoms with E-state index in [0.29, 0.717) is 0 Å². The van der Waals surface area contributed by atoms with E-state index in [1.54, 1.807) is 7.11 Å². The Morgan fingerprint density at radius 3 is 2.38 bits per heavy atom. The molecule has 0 bridgehead atoms. The normalized spacial score (nSPS) is 13.7. The Morgan fingerprint density at radius 2 is 1.95 bits per heavy atom. The number of hydrogen-bond acceptors (Lipinski definition) is 4. The van der Waals surface area contributed by atoms with Gasteiger partial charge in [-0.25, -0.2) is 0 Å². The third kappa shape index (κ3) is 3.58. The molecule has 5 heteroatoms. The van der Waals surface area contributed by atoms with Crippen LogP contribution < -0.4 is 10.1 Å². The van der Waals surface area contributed by atoms with Crippen LogP contribution in [-0.2, 0) is 6.54 Å². The van der Waals surface area contributed by atoms with E-state index in [2.05, 4.69) is 54.6 Å². The van der Waals surface area contributed by atoms with Crippen molar-refractivity contribution in [3.63, 3.8) is 0 Å². The van der Waals surface area contributed by atoms with E-state index < -0.39 is 0 Å². The number of nitrogens with zero attached hydrogens (tertiary/aromatic N) is 3. The summed E-state index contributed by atoms with van der Waals surface area (Å²) in [5.41, 5.74) is 1.11. The van der Waals surface area contributed by atoms with Crippen molar-refractivity contribution in [2.24, 2.45) is 0 Å². The summed E-state index contributed by atoms with van der Waals surface area (Å²) in [6, 6.07) is 0.154. The minimum absolute atomic E-state index is 0.0307. The van der Waals surface area contributed by atoms with E-state index in [4.69, 9.17) is 4.74 Å². The van der Waals surface area contributed by atoms with E-state index >= 15 is 0 Å². The minimum atomic E-state index is -0.0307. The van der Waals surface area contributed by atoms with Crippen molar-refractivity contribution < 1.29 is 4.74 Å². The van der Waals surface area contributed by atoms with Gasteiger partial charge in [0.05, 0.1) is 25.0 Å². The van der Waals surface area contributed by atoms with Gasteiger partial charge in [0.25, 0.3) is 0 Å². The summed E-state index contributed by atoms with van der Waals surface area (Å²) in [6.45, 7) is 14.1. The second-order valence-corrected chi connectivity index (χ2v) is 5.87. The third-order valence-corrected chi connectivity index (χ3v) is 4.35. The van der Waals surface area contributed by atoms with Gasteiger partial charge in [-0.2, -0.15) is 5.10 Å². The van der Waals surface area contributed by atoms with E-state index in [9.17, 15) is 0 Å². The van der Waals surface area contributed by atoms with Crippen molar-refractivity contribution in [3.05, 3.63) is 11.9 Å². The fraction of sp³-hybridized carbons (Fsp3) is 0.812. The zero-order valence-corrected chi connectivity index (χ0v) is 14.7. The van der Waals surface area contributed by atoms with E-state index in [1.807, 2.05) is 13.2 Å². The molecule has 0 saturated carbocycles. The average molecular weight is 296 g/mol. The highest BCUT2D eigenvalue weighted by molar-refractivity contribution is 5.31. The lowest BCUT2D eigenvalue weighted by Crippen LogP contribution is -2.52. The fourth-order valence-corrected chi connectivity index (χ4v) is 3.26. The number of likely N-dealkylation sites (N-methyl/N-ethyl adjacent to an activating group) is 2. The molecule has 0 amide bonds. The molecule has 0 aliphatic heterocycles. The molecule has 0 aliphatic rings. The Bertz CT molecular complexity index is 424. The van der Waals surface area contributed by atoms with Gasteiger partial charge in [-0.05, 0) is 40.4 Å². The summed E-state index contributed by atoms with van der Waals surface area (Å²) in [5.74, 6) is 0.864. The minimum Gasteiger partial charge on any atom is -0.493 e. The first-order chi connectivity index (χ1) is 9.97. The first-order valence-electron chi connectivity index (χ1n) is 7.99. The molecule has 1 atom stereocenters. The van der Waals surface area contributed by atoms with Crippen LogP contribution in [0.4, 0.5) is 0 Å². The quantitative estimate of drug-likeness (QED) is 0.761. The first-order valence-corrected chi connectivity index (χ1v) is 7.99. The zero-order valence-electron chi connectivity index (χ0n) is 14.7. The Kier molecular flexibility index (Phi) is 6.68. The van der Waals surface area contributed by atoms with Gasteiger partial charge in [-0.1, -0.05) is 20.8 Å².